The van der Waals surface area contributed by atoms with E-state index in [1.807, 2.05) is 0 Å². The molecule has 3 rings (SSSR count). The summed E-state index contributed by atoms with van der Waals surface area (Å²) in [5.41, 5.74) is 9.29. The summed E-state index contributed by atoms with van der Waals surface area (Å²) in [4.78, 5) is 0. The molecule has 2 bridgehead atoms. The van der Waals surface area contributed by atoms with Crippen LogP contribution in [0.4, 0.5) is 0 Å². The van der Waals surface area contributed by atoms with Gasteiger partial charge in [0.05, 0.1) is 0 Å². The highest BCUT2D eigenvalue weighted by molar-refractivity contribution is 5.27. The quantitative estimate of drug-likeness (QED) is 0.840. The van der Waals surface area contributed by atoms with Gasteiger partial charge in [0.25, 0.3) is 0 Å². The van der Waals surface area contributed by atoms with Gasteiger partial charge in [0.2, 0.25) is 0 Å². The molecule has 17 heavy (non-hydrogen) atoms. The molecule has 0 heterocycles. The number of fused-ring (bicyclic) bond motifs is 2. The molecule has 2 aliphatic rings. The summed E-state index contributed by atoms with van der Waals surface area (Å²) < 4.78 is 0. The lowest BCUT2D eigenvalue weighted by Gasteiger charge is -2.28. The fourth-order valence-electron chi connectivity index (χ4n) is 4.00. The average molecular weight is 229 g/mol. The van der Waals surface area contributed by atoms with Crippen LogP contribution in [0.5, 0.6) is 0 Å². The Kier molecular flexibility index (Phi) is 2.96. The SMILES string of the molecule is CCc1cccc(C(N)C2CC3CCC2C3)c1. The molecule has 2 aliphatic carbocycles. The van der Waals surface area contributed by atoms with Gasteiger partial charge in [-0.3, -0.25) is 0 Å². The smallest absolute Gasteiger partial charge is 0.0326 e. The third-order valence-electron chi connectivity index (χ3n) is 5.00. The summed E-state index contributed by atoms with van der Waals surface area (Å²) in [6, 6.07) is 9.18. The Labute approximate surface area is 104 Å². The van der Waals surface area contributed by atoms with E-state index in [1.165, 1.54) is 36.8 Å². The number of hydrogen-bond acceptors (Lipinski definition) is 1. The van der Waals surface area contributed by atoms with Crippen molar-refractivity contribution in [1.82, 2.24) is 0 Å². The molecule has 0 amide bonds. The van der Waals surface area contributed by atoms with Crippen molar-refractivity contribution >= 4 is 0 Å². The number of aryl methyl sites for hydroxylation is 1. The zero-order valence-electron chi connectivity index (χ0n) is 10.7. The molecule has 4 atom stereocenters. The summed E-state index contributed by atoms with van der Waals surface area (Å²) in [6.45, 7) is 2.21. The van der Waals surface area contributed by atoms with Crippen molar-refractivity contribution in [3.05, 3.63) is 35.4 Å². The highest BCUT2D eigenvalue weighted by Crippen LogP contribution is 2.51. The molecule has 2 fully saturated rings. The molecule has 0 aliphatic heterocycles. The van der Waals surface area contributed by atoms with Crippen molar-refractivity contribution in [2.75, 3.05) is 0 Å². The molecule has 0 saturated heterocycles. The van der Waals surface area contributed by atoms with Crippen LogP contribution >= 0.6 is 0 Å². The molecule has 0 spiro atoms. The highest BCUT2D eigenvalue weighted by atomic mass is 14.7. The van der Waals surface area contributed by atoms with Gasteiger partial charge in [0.1, 0.15) is 0 Å². The third kappa shape index (κ3) is 2.01. The fourth-order valence-corrected chi connectivity index (χ4v) is 4.00. The van der Waals surface area contributed by atoms with Crippen LogP contribution in [-0.2, 0) is 6.42 Å². The number of hydrogen-bond donors (Lipinski definition) is 1. The van der Waals surface area contributed by atoms with Crippen LogP contribution in [0.15, 0.2) is 24.3 Å². The Morgan fingerprint density at radius 2 is 2.18 bits per heavy atom. The maximum absolute atomic E-state index is 6.51. The van der Waals surface area contributed by atoms with Gasteiger partial charge in [-0.25, -0.2) is 0 Å². The van der Waals surface area contributed by atoms with Crippen molar-refractivity contribution in [1.29, 1.82) is 0 Å². The van der Waals surface area contributed by atoms with Gasteiger partial charge >= 0.3 is 0 Å². The van der Waals surface area contributed by atoms with Crippen LogP contribution < -0.4 is 5.73 Å². The Bertz CT molecular complexity index is 398. The molecule has 92 valence electrons. The largest absolute Gasteiger partial charge is 0.324 e. The lowest BCUT2D eigenvalue weighted by Crippen LogP contribution is -2.26. The molecule has 1 heteroatoms. The lowest BCUT2D eigenvalue weighted by molar-refractivity contribution is 0.284. The van der Waals surface area contributed by atoms with Gasteiger partial charge in [-0.1, -0.05) is 37.6 Å². The zero-order valence-corrected chi connectivity index (χ0v) is 10.7. The van der Waals surface area contributed by atoms with E-state index in [1.54, 1.807) is 0 Å². The predicted molar refractivity (Wildman–Crippen MR) is 71.7 cm³/mol. The van der Waals surface area contributed by atoms with Crippen molar-refractivity contribution < 1.29 is 0 Å². The van der Waals surface area contributed by atoms with Crippen molar-refractivity contribution in [2.45, 2.75) is 45.1 Å². The molecular weight excluding hydrogens is 206 g/mol. The van der Waals surface area contributed by atoms with Crippen LogP contribution in [-0.4, -0.2) is 0 Å². The lowest BCUT2D eigenvalue weighted by atomic mass is 9.80. The summed E-state index contributed by atoms with van der Waals surface area (Å²) in [7, 11) is 0. The maximum Gasteiger partial charge on any atom is 0.0326 e. The average Bonchev–Trinajstić information content (AvgIpc) is 3.00. The first-order valence-corrected chi connectivity index (χ1v) is 7.12. The Balaban J connectivity index is 1.79. The van der Waals surface area contributed by atoms with Crippen LogP contribution in [0.25, 0.3) is 0 Å². The van der Waals surface area contributed by atoms with E-state index in [0.29, 0.717) is 0 Å². The van der Waals surface area contributed by atoms with E-state index >= 15 is 0 Å². The zero-order chi connectivity index (χ0) is 11.8. The molecule has 2 N–H and O–H groups in total. The van der Waals surface area contributed by atoms with Crippen LogP contribution in [0, 0.1) is 17.8 Å². The summed E-state index contributed by atoms with van der Waals surface area (Å²) in [6.07, 6.45) is 6.82. The molecule has 4 unspecified atom stereocenters. The second kappa shape index (κ2) is 4.45. The van der Waals surface area contributed by atoms with E-state index in [4.69, 9.17) is 5.73 Å². The Morgan fingerprint density at radius 1 is 1.29 bits per heavy atom. The first-order chi connectivity index (χ1) is 8.28. The van der Waals surface area contributed by atoms with Gasteiger partial charge in [-0.2, -0.15) is 0 Å². The monoisotopic (exact) mass is 229 g/mol. The van der Waals surface area contributed by atoms with Gasteiger partial charge in [-0.05, 0) is 54.6 Å². The van der Waals surface area contributed by atoms with E-state index in [-0.39, 0.29) is 6.04 Å². The molecule has 0 radical (unpaired) electrons. The summed E-state index contributed by atoms with van der Waals surface area (Å²) >= 11 is 0. The van der Waals surface area contributed by atoms with Gasteiger partial charge in [-0.15, -0.1) is 0 Å². The third-order valence-corrected chi connectivity index (χ3v) is 5.00. The minimum absolute atomic E-state index is 0.275. The minimum Gasteiger partial charge on any atom is -0.324 e. The Hall–Kier alpha value is -0.820. The second-order valence-electron chi connectivity index (χ2n) is 5.96. The van der Waals surface area contributed by atoms with Crippen LogP contribution in [0.1, 0.15) is 49.8 Å². The highest BCUT2D eigenvalue weighted by Gasteiger charge is 2.42. The Morgan fingerprint density at radius 3 is 2.82 bits per heavy atom. The van der Waals surface area contributed by atoms with Gasteiger partial charge in [0.15, 0.2) is 0 Å². The predicted octanol–water partition coefficient (Wildman–Crippen LogP) is 3.69. The normalized spacial score (nSPS) is 32.9. The van der Waals surface area contributed by atoms with Gasteiger partial charge < -0.3 is 5.73 Å². The first-order valence-electron chi connectivity index (χ1n) is 7.12. The number of rotatable bonds is 3. The standard InChI is InChI=1S/C16H23N/c1-2-11-4-3-5-14(8-11)16(17)15-10-12-6-7-13(15)9-12/h3-5,8,12-13,15-16H,2,6-7,9-10,17H2,1H3. The van der Waals surface area contributed by atoms with E-state index in [0.717, 1.165) is 24.2 Å². The first kappa shape index (κ1) is 11.3. The van der Waals surface area contributed by atoms with Crippen LogP contribution in [0.3, 0.4) is 0 Å². The molecule has 0 aromatic heterocycles. The second-order valence-corrected chi connectivity index (χ2v) is 5.96. The number of benzene rings is 1. The minimum atomic E-state index is 0.275. The summed E-state index contributed by atoms with van der Waals surface area (Å²) in [5, 5.41) is 0. The van der Waals surface area contributed by atoms with Crippen molar-refractivity contribution in [2.24, 2.45) is 23.5 Å². The molecule has 2 saturated carbocycles. The number of nitrogens with two attached hydrogens (primary N) is 1. The van der Waals surface area contributed by atoms with E-state index in [2.05, 4.69) is 31.2 Å². The fraction of sp³-hybridized carbons (Fsp3) is 0.625. The van der Waals surface area contributed by atoms with Crippen molar-refractivity contribution in [3.8, 4) is 0 Å². The van der Waals surface area contributed by atoms with Gasteiger partial charge in [0, 0.05) is 6.04 Å². The van der Waals surface area contributed by atoms with E-state index in [9.17, 15) is 0 Å². The van der Waals surface area contributed by atoms with Crippen molar-refractivity contribution in [3.63, 3.8) is 0 Å². The molecule has 1 aromatic rings. The topological polar surface area (TPSA) is 26.0 Å². The summed E-state index contributed by atoms with van der Waals surface area (Å²) in [5.74, 6) is 2.66. The molecular formula is C16H23N. The maximum atomic E-state index is 6.51. The van der Waals surface area contributed by atoms with E-state index < -0.39 is 0 Å². The molecule has 1 nitrogen and oxygen atoms in total. The van der Waals surface area contributed by atoms with Crippen LogP contribution in [0.2, 0.25) is 0 Å². The molecule has 1 aromatic carbocycles.